The monoisotopic (exact) mass is 368 g/mol. The third-order valence-corrected chi connectivity index (χ3v) is 5.35. The summed E-state index contributed by atoms with van der Waals surface area (Å²) in [4.78, 5) is 24.6. The molecule has 4 nitrogen and oxygen atoms in total. The number of hydrogen-bond acceptors (Lipinski definition) is 4. The third kappa shape index (κ3) is 3.19. The Morgan fingerprint density at radius 3 is 2.73 bits per heavy atom. The second-order valence-corrected chi connectivity index (χ2v) is 6.80. The Hall–Kier alpha value is -1.36. The standard InChI is InChI=1S/C17H21BrO4/c1-17(16(20)22-3)8-4-5-15(19)13(17)9-11-6-7-12(21-2)10-14(11)18/h6-7,10,13H,4-5,8-9H2,1-3H3. The van der Waals surface area contributed by atoms with Crippen LogP contribution in [0.1, 0.15) is 31.7 Å². The predicted octanol–water partition coefficient (Wildman–Crippen LogP) is 3.55. The van der Waals surface area contributed by atoms with Gasteiger partial charge in [-0.1, -0.05) is 22.0 Å². The highest BCUT2D eigenvalue weighted by Crippen LogP contribution is 2.42. The average Bonchev–Trinajstić information content (AvgIpc) is 2.51. The largest absolute Gasteiger partial charge is 0.497 e. The minimum absolute atomic E-state index is 0.141. The lowest BCUT2D eigenvalue weighted by Crippen LogP contribution is -2.45. The van der Waals surface area contributed by atoms with E-state index in [0.29, 0.717) is 19.3 Å². The maximum atomic E-state index is 12.4. The normalized spacial score (nSPS) is 24.9. The molecule has 0 aromatic heterocycles. The summed E-state index contributed by atoms with van der Waals surface area (Å²) in [5.41, 5.74) is 0.250. The molecular formula is C17H21BrO4. The molecule has 0 aliphatic heterocycles. The van der Waals surface area contributed by atoms with Gasteiger partial charge in [-0.15, -0.1) is 0 Å². The molecule has 0 spiro atoms. The van der Waals surface area contributed by atoms with Gasteiger partial charge in [-0.3, -0.25) is 9.59 Å². The Labute approximate surface area is 139 Å². The molecule has 2 unspecified atom stereocenters. The van der Waals surface area contributed by atoms with Gasteiger partial charge in [-0.05, 0) is 43.9 Å². The van der Waals surface area contributed by atoms with Gasteiger partial charge in [-0.2, -0.15) is 0 Å². The zero-order valence-corrected chi connectivity index (χ0v) is 14.7. The lowest BCUT2D eigenvalue weighted by molar-refractivity contribution is -0.161. The van der Waals surface area contributed by atoms with Gasteiger partial charge in [0.2, 0.25) is 0 Å². The maximum absolute atomic E-state index is 12.4. The van der Waals surface area contributed by atoms with Gasteiger partial charge in [0.05, 0.1) is 19.6 Å². The molecule has 0 saturated heterocycles. The fraction of sp³-hybridized carbons (Fsp3) is 0.529. The van der Waals surface area contributed by atoms with E-state index in [2.05, 4.69) is 15.9 Å². The first-order valence-corrected chi connectivity index (χ1v) is 8.15. The first-order chi connectivity index (χ1) is 10.4. The molecule has 0 heterocycles. The summed E-state index contributed by atoms with van der Waals surface area (Å²) in [6.07, 6.45) is 2.48. The Bertz CT molecular complexity index is 584. The van der Waals surface area contributed by atoms with Crippen LogP contribution in [0.3, 0.4) is 0 Å². The Morgan fingerprint density at radius 2 is 2.14 bits per heavy atom. The summed E-state index contributed by atoms with van der Waals surface area (Å²) in [6, 6.07) is 5.67. The predicted molar refractivity (Wildman–Crippen MR) is 86.9 cm³/mol. The van der Waals surface area contributed by atoms with Crippen molar-refractivity contribution in [3.63, 3.8) is 0 Å². The Kier molecular flexibility index (Phi) is 5.27. The number of ketones is 1. The van der Waals surface area contributed by atoms with Gasteiger partial charge in [-0.25, -0.2) is 0 Å². The summed E-state index contributed by atoms with van der Waals surface area (Å²) in [6.45, 7) is 1.85. The minimum atomic E-state index is -0.747. The van der Waals surface area contributed by atoms with Crippen LogP contribution in [-0.2, 0) is 20.7 Å². The quantitative estimate of drug-likeness (QED) is 0.762. The van der Waals surface area contributed by atoms with Crippen molar-refractivity contribution in [1.82, 2.24) is 0 Å². The molecule has 1 aromatic rings. The first-order valence-electron chi connectivity index (χ1n) is 7.36. The van der Waals surface area contributed by atoms with Crippen molar-refractivity contribution in [1.29, 1.82) is 0 Å². The summed E-state index contributed by atoms with van der Waals surface area (Å²) in [5.74, 6) is 0.247. The number of halogens is 1. The lowest BCUT2D eigenvalue weighted by atomic mass is 9.65. The van der Waals surface area contributed by atoms with E-state index in [-0.39, 0.29) is 17.7 Å². The molecule has 120 valence electrons. The molecule has 0 bridgehead atoms. The lowest BCUT2D eigenvalue weighted by Gasteiger charge is -2.38. The number of ether oxygens (including phenoxy) is 2. The molecule has 1 fully saturated rings. The van der Waals surface area contributed by atoms with Crippen LogP contribution in [0.2, 0.25) is 0 Å². The molecule has 5 heteroatoms. The van der Waals surface area contributed by atoms with E-state index >= 15 is 0 Å². The number of methoxy groups -OCH3 is 2. The number of carbonyl (C=O) groups is 2. The molecule has 1 saturated carbocycles. The molecule has 0 amide bonds. The highest BCUT2D eigenvalue weighted by atomic mass is 79.9. The highest BCUT2D eigenvalue weighted by molar-refractivity contribution is 9.10. The van der Waals surface area contributed by atoms with Gasteiger partial charge in [0, 0.05) is 16.8 Å². The minimum Gasteiger partial charge on any atom is -0.497 e. The molecule has 0 radical (unpaired) electrons. The van der Waals surface area contributed by atoms with Crippen molar-refractivity contribution in [2.24, 2.45) is 11.3 Å². The van der Waals surface area contributed by atoms with Gasteiger partial charge >= 0.3 is 5.97 Å². The van der Waals surface area contributed by atoms with Gasteiger partial charge < -0.3 is 9.47 Å². The van der Waals surface area contributed by atoms with Crippen molar-refractivity contribution < 1.29 is 19.1 Å². The summed E-state index contributed by atoms with van der Waals surface area (Å²) < 4.78 is 11.0. The number of rotatable bonds is 4. The SMILES string of the molecule is COC(=O)C1(C)CCCC(=O)C1Cc1ccc(OC)cc1Br. The van der Waals surface area contributed by atoms with Crippen LogP contribution in [0.15, 0.2) is 22.7 Å². The van der Waals surface area contributed by atoms with Crippen molar-refractivity contribution >= 4 is 27.7 Å². The Morgan fingerprint density at radius 1 is 1.41 bits per heavy atom. The van der Waals surface area contributed by atoms with Gasteiger partial charge in [0.15, 0.2) is 0 Å². The highest BCUT2D eigenvalue weighted by Gasteiger charge is 2.48. The number of hydrogen-bond donors (Lipinski definition) is 0. The topological polar surface area (TPSA) is 52.6 Å². The fourth-order valence-corrected chi connectivity index (χ4v) is 3.71. The van der Waals surface area contributed by atoms with Crippen LogP contribution >= 0.6 is 15.9 Å². The molecule has 22 heavy (non-hydrogen) atoms. The zero-order chi connectivity index (χ0) is 16.3. The fourth-order valence-electron chi connectivity index (χ4n) is 3.19. The zero-order valence-electron chi connectivity index (χ0n) is 13.1. The second kappa shape index (κ2) is 6.82. The molecule has 2 atom stereocenters. The number of esters is 1. The third-order valence-electron chi connectivity index (χ3n) is 4.61. The number of Topliss-reactive ketones (excluding diaryl/α,β-unsaturated/α-hetero) is 1. The van der Waals surface area contributed by atoms with Crippen molar-refractivity contribution in [2.75, 3.05) is 14.2 Å². The number of benzene rings is 1. The summed E-state index contributed by atoms with van der Waals surface area (Å²) in [7, 11) is 2.99. The first kappa shape index (κ1) is 17.0. The molecule has 0 N–H and O–H groups in total. The Balaban J connectivity index is 2.31. The van der Waals surface area contributed by atoms with Crippen LogP contribution in [0.4, 0.5) is 0 Å². The van der Waals surface area contributed by atoms with Gasteiger partial charge in [0.1, 0.15) is 11.5 Å². The van der Waals surface area contributed by atoms with Crippen molar-refractivity contribution in [3.05, 3.63) is 28.2 Å². The van der Waals surface area contributed by atoms with Crippen LogP contribution < -0.4 is 4.74 Å². The van der Waals surface area contributed by atoms with E-state index < -0.39 is 5.41 Å². The van der Waals surface area contributed by atoms with Crippen LogP contribution in [0.5, 0.6) is 5.75 Å². The molecular weight excluding hydrogens is 348 g/mol. The molecule has 1 aromatic carbocycles. The van der Waals surface area contributed by atoms with Crippen LogP contribution in [-0.4, -0.2) is 26.0 Å². The molecule has 1 aliphatic carbocycles. The van der Waals surface area contributed by atoms with E-state index in [9.17, 15) is 9.59 Å². The summed E-state index contributed by atoms with van der Waals surface area (Å²) in [5, 5.41) is 0. The van der Waals surface area contributed by atoms with Crippen LogP contribution in [0, 0.1) is 11.3 Å². The average molecular weight is 369 g/mol. The van der Waals surface area contributed by atoms with E-state index in [4.69, 9.17) is 9.47 Å². The van der Waals surface area contributed by atoms with E-state index in [1.807, 2.05) is 25.1 Å². The molecule has 1 aliphatic rings. The van der Waals surface area contributed by atoms with Crippen LogP contribution in [0.25, 0.3) is 0 Å². The van der Waals surface area contributed by atoms with Crippen molar-refractivity contribution in [3.8, 4) is 5.75 Å². The van der Waals surface area contributed by atoms with Gasteiger partial charge in [0.25, 0.3) is 0 Å². The van der Waals surface area contributed by atoms with E-state index in [1.165, 1.54) is 7.11 Å². The smallest absolute Gasteiger partial charge is 0.312 e. The van der Waals surface area contributed by atoms with E-state index in [0.717, 1.165) is 22.2 Å². The van der Waals surface area contributed by atoms with E-state index in [1.54, 1.807) is 7.11 Å². The molecule has 2 rings (SSSR count). The van der Waals surface area contributed by atoms with Crippen molar-refractivity contribution in [2.45, 2.75) is 32.6 Å². The number of carbonyl (C=O) groups excluding carboxylic acids is 2. The summed E-state index contributed by atoms with van der Waals surface area (Å²) >= 11 is 3.52. The second-order valence-electron chi connectivity index (χ2n) is 5.94. The maximum Gasteiger partial charge on any atom is 0.312 e.